The number of carbonyl (C=O) groups excluding carboxylic acids is 1. The van der Waals surface area contributed by atoms with Crippen molar-refractivity contribution in [3.05, 3.63) is 94.6 Å². The number of benzene rings is 2. The minimum absolute atomic E-state index is 0.279. The van der Waals surface area contributed by atoms with Crippen molar-refractivity contribution in [1.82, 2.24) is 10.2 Å². The number of halogens is 1. The van der Waals surface area contributed by atoms with Crippen LogP contribution in [0.3, 0.4) is 0 Å². The minimum atomic E-state index is -0.547. The second-order valence-corrected chi connectivity index (χ2v) is 6.54. The molecule has 27 heavy (non-hydrogen) atoms. The Hall–Kier alpha value is -3.21. The molecule has 4 rings (SSSR count). The molecule has 0 radical (unpaired) electrons. The van der Waals surface area contributed by atoms with Crippen LogP contribution >= 0.6 is 0 Å². The summed E-state index contributed by atoms with van der Waals surface area (Å²) in [4.78, 5) is 12.1. The van der Waals surface area contributed by atoms with Crippen molar-refractivity contribution in [1.29, 1.82) is 0 Å². The van der Waals surface area contributed by atoms with Gasteiger partial charge in [-0.15, -0.1) is 0 Å². The Morgan fingerprint density at radius 1 is 1.19 bits per heavy atom. The molecule has 0 bridgehead atoms. The van der Waals surface area contributed by atoms with Gasteiger partial charge in [-0.1, -0.05) is 54.6 Å². The molecule has 0 fully saturated rings. The van der Waals surface area contributed by atoms with E-state index in [1.165, 1.54) is 6.07 Å². The van der Waals surface area contributed by atoms with Gasteiger partial charge < -0.3 is 4.74 Å². The number of nitrogens with one attached hydrogen (secondary N) is 1. The third-order valence-corrected chi connectivity index (χ3v) is 4.97. The molecule has 0 spiro atoms. The summed E-state index contributed by atoms with van der Waals surface area (Å²) in [6.45, 7) is 2.05. The molecule has 4 nitrogen and oxygen atoms in total. The van der Waals surface area contributed by atoms with Gasteiger partial charge in [0.25, 0.3) is 0 Å². The summed E-state index contributed by atoms with van der Waals surface area (Å²) >= 11 is 0. The second kappa shape index (κ2) is 6.83. The molecule has 0 amide bonds. The Morgan fingerprint density at radius 2 is 1.96 bits per heavy atom. The van der Waals surface area contributed by atoms with Gasteiger partial charge in [0, 0.05) is 23.1 Å². The molecule has 1 unspecified atom stereocenters. The fraction of sp³-hybridized carbons (Fsp3) is 0.182. The molecule has 1 aliphatic carbocycles. The number of hydrogen-bond acceptors (Lipinski definition) is 3. The van der Waals surface area contributed by atoms with Crippen molar-refractivity contribution >= 4 is 12.0 Å². The van der Waals surface area contributed by atoms with Crippen LogP contribution in [-0.4, -0.2) is 22.8 Å². The van der Waals surface area contributed by atoms with Crippen molar-refractivity contribution < 1.29 is 13.9 Å². The van der Waals surface area contributed by atoms with Gasteiger partial charge in [-0.2, -0.15) is 5.10 Å². The van der Waals surface area contributed by atoms with Crippen LogP contribution in [0.5, 0.6) is 0 Å². The van der Waals surface area contributed by atoms with E-state index in [9.17, 15) is 9.18 Å². The molecule has 0 saturated heterocycles. The van der Waals surface area contributed by atoms with Gasteiger partial charge in [-0.25, -0.2) is 9.18 Å². The van der Waals surface area contributed by atoms with Crippen LogP contribution in [0.25, 0.3) is 6.08 Å². The lowest BCUT2D eigenvalue weighted by Crippen LogP contribution is -2.30. The zero-order valence-electron chi connectivity index (χ0n) is 14.9. The number of H-pyrrole nitrogens is 1. The summed E-state index contributed by atoms with van der Waals surface area (Å²) in [5.41, 5.74) is 3.19. The van der Waals surface area contributed by atoms with Crippen molar-refractivity contribution in [2.24, 2.45) is 0 Å². The highest BCUT2D eigenvalue weighted by molar-refractivity contribution is 5.92. The molecule has 1 atom stereocenters. The Balaban J connectivity index is 1.84. The number of ether oxygens (including phenoxy) is 1. The molecule has 5 heteroatoms. The van der Waals surface area contributed by atoms with E-state index >= 15 is 0 Å². The highest BCUT2D eigenvalue weighted by Crippen LogP contribution is 2.41. The molecule has 136 valence electrons. The maximum atomic E-state index is 14.0. The molecular formula is C22H19FN2O2. The number of rotatable bonds is 4. The van der Waals surface area contributed by atoms with Crippen LogP contribution in [0.4, 0.5) is 4.39 Å². The number of allylic oxidation sites excluding steroid dienone is 1. The lowest BCUT2D eigenvalue weighted by molar-refractivity contribution is 0.0519. The lowest BCUT2D eigenvalue weighted by Gasteiger charge is -2.34. The van der Waals surface area contributed by atoms with Crippen LogP contribution in [0.2, 0.25) is 0 Å². The molecule has 3 aromatic rings. The summed E-state index contributed by atoms with van der Waals surface area (Å²) < 4.78 is 19.1. The SMILES string of the molecule is CCOC(=O)c1n[nH]c2c1C=CC(c1ccccc1)(c1cccc(F)c1)C2. The Bertz CT molecular complexity index is 1010. The van der Waals surface area contributed by atoms with Crippen LogP contribution < -0.4 is 0 Å². The first-order valence-electron chi connectivity index (χ1n) is 8.89. The summed E-state index contributed by atoms with van der Waals surface area (Å²) in [6.07, 6.45) is 4.45. The Kier molecular flexibility index (Phi) is 4.36. The van der Waals surface area contributed by atoms with Gasteiger partial charge in [-0.3, -0.25) is 5.10 Å². The molecule has 1 N–H and O–H groups in total. The average Bonchev–Trinajstić information content (AvgIpc) is 3.12. The van der Waals surface area contributed by atoms with E-state index in [4.69, 9.17) is 4.74 Å². The molecule has 0 saturated carbocycles. The fourth-order valence-electron chi connectivity index (χ4n) is 3.68. The highest BCUT2D eigenvalue weighted by atomic mass is 19.1. The van der Waals surface area contributed by atoms with Gasteiger partial charge in [-0.05, 0) is 30.2 Å². The number of hydrogen-bond donors (Lipinski definition) is 1. The molecule has 1 aromatic heterocycles. The quantitative estimate of drug-likeness (QED) is 0.705. The Morgan fingerprint density at radius 3 is 2.70 bits per heavy atom. The Labute approximate surface area is 156 Å². The van der Waals surface area contributed by atoms with Crippen LogP contribution in [-0.2, 0) is 16.6 Å². The molecule has 0 aliphatic heterocycles. The van der Waals surface area contributed by atoms with E-state index in [1.54, 1.807) is 19.1 Å². The van der Waals surface area contributed by atoms with Crippen LogP contribution in [0, 0.1) is 5.82 Å². The third-order valence-electron chi connectivity index (χ3n) is 4.97. The van der Waals surface area contributed by atoms with E-state index in [-0.39, 0.29) is 11.5 Å². The third kappa shape index (κ3) is 2.95. The first kappa shape index (κ1) is 17.2. The van der Waals surface area contributed by atoms with Gasteiger partial charge in [0.05, 0.1) is 6.61 Å². The summed E-state index contributed by atoms with van der Waals surface area (Å²) in [5, 5.41) is 7.14. The predicted molar refractivity (Wildman–Crippen MR) is 101 cm³/mol. The number of esters is 1. The number of aromatic nitrogens is 2. The van der Waals surface area contributed by atoms with Crippen molar-refractivity contribution in [2.75, 3.05) is 6.61 Å². The standard InChI is InChI=1S/C22H19FN2O2/c1-2-27-21(26)20-18-11-12-22(14-19(18)24-25-20,15-7-4-3-5-8-15)16-9-6-10-17(23)13-16/h3-13H,2,14H2,1H3,(H,24,25). The van der Waals surface area contributed by atoms with Gasteiger partial charge in [0.1, 0.15) is 5.82 Å². The van der Waals surface area contributed by atoms with E-state index < -0.39 is 11.4 Å². The minimum Gasteiger partial charge on any atom is -0.461 e. The zero-order valence-corrected chi connectivity index (χ0v) is 14.9. The van der Waals surface area contributed by atoms with Gasteiger partial charge >= 0.3 is 5.97 Å². The lowest BCUT2D eigenvalue weighted by atomic mass is 9.68. The fourth-order valence-corrected chi connectivity index (χ4v) is 3.68. The highest BCUT2D eigenvalue weighted by Gasteiger charge is 2.37. The smallest absolute Gasteiger partial charge is 0.359 e. The second-order valence-electron chi connectivity index (χ2n) is 6.54. The summed E-state index contributed by atoms with van der Waals surface area (Å²) in [6, 6.07) is 16.6. The zero-order chi connectivity index (χ0) is 18.9. The van der Waals surface area contributed by atoms with E-state index in [0.717, 1.165) is 22.4 Å². The summed E-state index contributed by atoms with van der Waals surface area (Å²) in [5.74, 6) is -0.726. The normalized spacial score (nSPS) is 18.1. The van der Waals surface area contributed by atoms with Crippen molar-refractivity contribution in [3.8, 4) is 0 Å². The first-order valence-corrected chi connectivity index (χ1v) is 8.89. The van der Waals surface area contributed by atoms with Gasteiger partial charge in [0.15, 0.2) is 5.69 Å². The molecule has 1 heterocycles. The topological polar surface area (TPSA) is 55.0 Å². The van der Waals surface area contributed by atoms with E-state index in [0.29, 0.717) is 13.0 Å². The number of carbonyl (C=O) groups is 1. The maximum Gasteiger partial charge on any atom is 0.359 e. The van der Waals surface area contributed by atoms with Crippen LogP contribution in [0.1, 0.15) is 39.8 Å². The van der Waals surface area contributed by atoms with Crippen molar-refractivity contribution in [3.63, 3.8) is 0 Å². The van der Waals surface area contributed by atoms with Gasteiger partial charge in [0.2, 0.25) is 0 Å². The largest absolute Gasteiger partial charge is 0.461 e. The number of aromatic amines is 1. The predicted octanol–water partition coefficient (Wildman–Crippen LogP) is 4.28. The number of fused-ring (bicyclic) bond motifs is 1. The molecule has 1 aliphatic rings. The maximum absolute atomic E-state index is 14.0. The molecule has 2 aromatic carbocycles. The number of nitrogens with zero attached hydrogens (tertiary/aromatic N) is 1. The van der Waals surface area contributed by atoms with Crippen LogP contribution in [0.15, 0.2) is 60.7 Å². The summed E-state index contributed by atoms with van der Waals surface area (Å²) in [7, 11) is 0. The van der Waals surface area contributed by atoms with E-state index in [1.807, 2.05) is 48.6 Å². The first-order chi connectivity index (χ1) is 13.1. The van der Waals surface area contributed by atoms with E-state index in [2.05, 4.69) is 10.2 Å². The monoisotopic (exact) mass is 362 g/mol. The van der Waals surface area contributed by atoms with Crippen molar-refractivity contribution in [2.45, 2.75) is 18.8 Å². The molecular weight excluding hydrogens is 343 g/mol. The average molecular weight is 362 g/mol.